The zero-order valence-electron chi connectivity index (χ0n) is 17.2. The molecule has 2 aromatic rings. The number of para-hydroxylation sites is 2. The molecule has 2 atom stereocenters. The lowest BCUT2D eigenvalue weighted by atomic mass is 10.1. The molecule has 0 radical (unpaired) electrons. The summed E-state index contributed by atoms with van der Waals surface area (Å²) in [6, 6.07) is 13.2. The molecule has 2 heterocycles. The standard InChI is InChI=1S/C22H25N3O5S/c1-15-21(30-19-11-5-4-10-18(19)29-15)22(26)24-16-8-7-9-17(14-16)31(27,28)25-20-12-3-2-6-13-23-20/h4-5,7-11,14-15,21H,2-3,6,12-13H2,1H3,(H,23,25)(H,24,26). The number of fused-ring (bicyclic) bond motifs is 1. The van der Waals surface area contributed by atoms with Crippen LogP contribution in [0.15, 0.2) is 58.4 Å². The molecular weight excluding hydrogens is 418 g/mol. The molecule has 0 spiro atoms. The van der Waals surface area contributed by atoms with E-state index in [1.165, 1.54) is 12.1 Å². The van der Waals surface area contributed by atoms with Gasteiger partial charge in [-0.15, -0.1) is 0 Å². The van der Waals surface area contributed by atoms with Gasteiger partial charge in [0, 0.05) is 18.7 Å². The molecule has 0 bridgehead atoms. The number of rotatable bonds is 4. The molecule has 0 saturated carbocycles. The molecule has 0 saturated heterocycles. The Labute approximate surface area is 181 Å². The molecule has 2 unspecified atom stereocenters. The topological polar surface area (TPSA) is 106 Å². The zero-order chi connectivity index (χ0) is 21.8. The number of hydrogen-bond acceptors (Lipinski definition) is 6. The van der Waals surface area contributed by atoms with E-state index in [0.717, 1.165) is 19.3 Å². The lowest BCUT2D eigenvalue weighted by Gasteiger charge is -2.31. The minimum absolute atomic E-state index is 0.0523. The van der Waals surface area contributed by atoms with Crippen molar-refractivity contribution in [1.29, 1.82) is 0 Å². The number of ether oxygens (including phenoxy) is 2. The summed E-state index contributed by atoms with van der Waals surface area (Å²) in [6.07, 6.45) is 2.13. The van der Waals surface area contributed by atoms with Crippen LogP contribution < -0.4 is 19.5 Å². The smallest absolute Gasteiger partial charge is 0.269 e. The highest BCUT2D eigenvalue weighted by atomic mass is 32.2. The van der Waals surface area contributed by atoms with Gasteiger partial charge in [0.25, 0.3) is 15.9 Å². The number of sulfonamides is 1. The maximum absolute atomic E-state index is 12.8. The Kier molecular flexibility index (Phi) is 6.13. The molecular formula is C22H25N3O5S. The molecule has 8 nitrogen and oxygen atoms in total. The van der Waals surface area contributed by atoms with E-state index in [0.29, 0.717) is 36.0 Å². The number of amides is 1. The van der Waals surface area contributed by atoms with E-state index in [4.69, 9.17) is 9.47 Å². The van der Waals surface area contributed by atoms with E-state index in [-0.39, 0.29) is 4.90 Å². The fourth-order valence-electron chi connectivity index (χ4n) is 3.53. The lowest BCUT2D eigenvalue weighted by molar-refractivity contribution is -0.128. The highest BCUT2D eigenvalue weighted by Crippen LogP contribution is 2.33. The van der Waals surface area contributed by atoms with E-state index in [1.807, 2.05) is 6.07 Å². The van der Waals surface area contributed by atoms with Crippen LogP contribution in [0.5, 0.6) is 11.5 Å². The van der Waals surface area contributed by atoms with Gasteiger partial charge in [0.15, 0.2) is 11.5 Å². The van der Waals surface area contributed by atoms with Crippen molar-refractivity contribution >= 4 is 27.5 Å². The molecule has 4 rings (SSSR count). The third kappa shape index (κ3) is 4.99. The van der Waals surface area contributed by atoms with Gasteiger partial charge in [-0.25, -0.2) is 8.42 Å². The lowest BCUT2D eigenvalue weighted by Crippen LogP contribution is -2.46. The Morgan fingerprint density at radius 3 is 2.61 bits per heavy atom. The third-order valence-corrected chi connectivity index (χ3v) is 6.52. The zero-order valence-corrected chi connectivity index (χ0v) is 18.0. The van der Waals surface area contributed by atoms with Crippen LogP contribution in [0.4, 0.5) is 5.69 Å². The van der Waals surface area contributed by atoms with Gasteiger partial charge < -0.3 is 14.8 Å². The summed E-state index contributed by atoms with van der Waals surface area (Å²) in [4.78, 5) is 17.2. The first kappa shape index (κ1) is 21.2. The number of nitrogens with zero attached hydrogens (tertiary/aromatic N) is 1. The van der Waals surface area contributed by atoms with Crippen molar-refractivity contribution in [3.63, 3.8) is 0 Å². The number of nitrogens with one attached hydrogen (secondary N) is 2. The summed E-state index contributed by atoms with van der Waals surface area (Å²) >= 11 is 0. The monoisotopic (exact) mass is 443 g/mol. The van der Waals surface area contributed by atoms with E-state index in [2.05, 4.69) is 15.0 Å². The van der Waals surface area contributed by atoms with Crippen LogP contribution >= 0.6 is 0 Å². The van der Waals surface area contributed by atoms with E-state index in [9.17, 15) is 13.2 Å². The summed E-state index contributed by atoms with van der Waals surface area (Å²) < 4.78 is 39.7. The van der Waals surface area contributed by atoms with Gasteiger partial charge in [-0.2, -0.15) is 0 Å². The second-order valence-electron chi connectivity index (χ2n) is 7.57. The van der Waals surface area contributed by atoms with E-state index < -0.39 is 28.1 Å². The molecule has 2 N–H and O–H groups in total. The highest BCUT2D eigenvalue weighted by Gasteiger charge is 2.34. The maximum Gasteiger partial charge on any atom is 0.269 e. The number of amidine groups is 1. The van der Waals surface area contributed by atoms with Gasteiger partial charge in [-0.1, -0.05) is 24.6 Å². The minimum atomic E-state index is -3.80. The number of carbonyl (C=O) groups is 1. The quantitative estimate of drug-likeness (QED) is 0.755. The van der Waals surface area contributed by atoms with Crippen LogP contribution in [-0.2, 0) is 14.8 Å². The number of hydrogen-bond donors (Lipinski definition) is 2. The van der Waals surface area contributed by atoms with Gasteiger partial charge in [0.2, 0.25) is 6.10 Å². The summed E-state index contributed by atoms with van der Waals surface area (Å²) in [6.45, 7) is 2.37. The predicted molar refractivity (Wildman–Crippen MR) is 117 cm³/mol. The minimum Gasteiger partial charge on any atom is -0.482 e. The summed E-state index contributed by atoms with van der Waals surface area (Å²) in [5, 5.41) is 2.73. The van der Waals surface area contributed by atoms with Crippen molar-refractivity contribution in [2.45, 2.75) is 49.7 Å². The second kappa shape index (κ2) is 8.97. The van der Waals surface area contributed by atoms with Crippen molar-refractivity contribution in [2.75, 3.05) is 11.9 Å². The van der Waals surface area contributed by atoms with Crippen molar-refractivity contribution in [3.05, 3.63) is 48.5 Å². The van der Waals surface area contributed by atoms with E-state index in [1.54, 1.807) is 37.3 Å². The molecule has 9 heteroatoms. The summed E-state index contributed by atoms with van der Waals surface area (Å²) in [5.41, 5.74) is 0.352. The molecule has 2 aliphatic rings. The first-order chi connectivity index (χ1) is 14.9. The Hall–Kier alpha value is -3.07. The molecule has 2 aromatic carbocycles. The average molecular weight is 444 g/mol. The molecule has 2 aliphatic heterocycles. The maximum atomic E-state index is 12.8. The average Bonchev–Trinajstić information content (AvgIpc) is 3.01. The largest absolute Gasteiger partial charge is 0.482 e. The fourth-order valence-corrected chi connectivity index (χ4v) is 4.67. The first-order valence-electron chi connectivity index (χ1n) is 10.3. The van der Waals surface area contributed by atoms with Gasteiger partial charge in [-0.3, -0.25) is 14.5 Å². The summed E-state index contributed by atoms with van der Waals surface area (Å²) in [7, 11) is -3.80. The Morgan fingerprint density at radius 1 is 1.03 bits per heavy atom. The van der Waals surface area contributed by atoms with Crippen LogP contribution in [0, 0.1) is 0 Å². The number of benzene rings is 2. The van der Waals surface area contributed by atoms with Crippen molar-refractivity contribution in [3.8, 4) is 11.5 Å². The van der Waals surface area contributed by atoms with Gasteiger partial charge in [0.1, 0.15) is 11.9 Å². The van der Waals surface area contributed by atoms with Gasteiger partial charge in [0.05, 0.1) is 4.90 Å². The first-order valence-corrected chi connectivity index (χ1v) is 11.8. The second-order valence-corrected chi connectivity index (χ2v) is 9.25. The number of carbonyl (C=O) groups excluding carboxylic acids is 1. The number of anilines is 1. The third-order valence-electron chi connectivity index (χ3n) is 5.14. The van der Waals surface area contributed by atoms with Crippen LogP contribution in [-0.4, -0.2) is 38.9 Å². The molecule has 0 fully saturated rings. The van der Waals surface area contributed by atoms with Crippen LogP contribution in [0.1, 0.15) is 32.6 Å². The normalized spacial score (nSPS) is 20.9. The van der Waals surface area contributed by atoms with Crippen LogP contribution in [0.3, 0.4) is 0 Å². The van der Waals surface area contributed by atoms with Crippen molar-refractivity contribution < 1.29 is 22.7 Å². The fraction of sp³-hybridized carbons (Fsp3) is 0.364. The van der Waals surface area contributed by atoms with E-state index >= 15 is 0 Å². The number of aliphatic imine (C=N–C) groups is 1. The van der Waals surface area contributed by atoms with Crippen LogP contribution in [0.2, 0.25) is 0 Å². The molecule has 164 valence electrons. The molecule has 1 amide bonds. The van der Waals surface area contributed by atoms with Crippen molar-refractivity contribution in [2.24, 2.45) is 4.99 Å². The molecule has 31 heavy (non-hydrogen) atoms. The Morgan fingerprint density at radius 2 is 1.81 bits per heavy atom. The van der Waals surface area contributed by atoms with Gasteiger partial charge >= 0.3 is 0 Å². The van der Waals surface area contributed by atoms with Crippen LogP contribution in [0.25, 0.3) is 0 Å². The Bertz CT molecular complexity index is 1100. The molecule has 0 aromatic heterocycles. The SMILES string of the molecule is CC1Oc2ccccc2OC1C(=O)Nc1cccc(S(=O)(=O)NC2=NCCCCC2)c1. The molecule has 0 aliphatic carbocycles. The van der Waals surface area contributed by atoms with Gasteiger partial charge in [-0.05, 0) is 50.1 Å². The predicted octanol–water partition coefficient (Wildman–Crippen LogP) is 3.10. The highest BCUT2D eigenvalue weighted by molar-refractivity contribution is 7.90. The summed E-state index contributed by atoms with van der Waals surface area (Å²) in [5.74, 6) is 1.13. The van der Waals surface area contributed by atoms with Crippen molar-refractivity contribution in [1.82, 2.24) is 4.72 Å². The Balaban J connectivity index is 1.47.